The first-order valence-electron chi connectivity index (χ1n) is 12.4. The Morgan fingerprint density at radius 3 is 2.69 bits per heavy atom. The highest BCUT2D eigenvalue weighted by Gasteiger charge is 2.20. The molecule has 10 nitrogen and oxygen atoms in total. The fourth-order valence-electron chi connectivity index (χ4n) is 3.85. The van der Waals surface area contributed by atoms with Crippen molar-refractivity contribution in [1.82, 2.24) is 20.3 Å². The van der Waals surface area contributed by atoms with Gasteiger partial charge in [-0.1, -0.05) is 23.5 Å². The number of nitrogens with two attached hydrogens (primary N) is 1. The second kappa shape index (κ2) is 12.7. The average Bonchev–Trinajstić information content (AvgIpc) is 3.61. The lowest BCUT2D eigenvalue weighted by molar-refractivity contribution is 0.102. The number of nitrogens with zero attached hydrogens (tertiary/aromatic N) is 3. The van der Waals surface area contributed by atoms with Crippen LogP contribution in [-0.4, -0.2) is 40.5 Å². The van der Waals surface area contributed by atoms with Crippen molar-refractivity contribution in [3.63, 3.8) is 0 Å². The minimum absolute atomic E-state index is 0.0192. The Labute approximate surface area is 246 Å². The van der Waals surface area contributed by atoms with E-state index in [1.807, 2.05) is 12.1 Å². The lowest BCUT2D eigenvalue weighted by Gasteiger charge is -2.10. The Balaban J connectivity index is 1.28. The number of aromatic nitrogens is 3. The third kappa shape index (κ3) is 6.67. The molecule has 3 heterocycles. The summed E-state index contributed by atoms with van der Waals surface area (Å²) < 4.78 is 34.5. The van der Waals surface area contributed by atoms with Crippen molar-refractivity contribution in [2.45, 2.75) is 6.42 Å². The molecule has 0 atom stereocenters. The number of rotatable bonds is 9. The third-order valence-corrected chi connectivity index (χ3v) is 7.89. The number of nitrogens with one attached hydrogen (secondary N) is 3. The van der Waals surface area contributed by atoms with Gasteiger partial charge in [0.2, 0.25) is 0 Å². The number of ether oxygens (including phenoxy) is 1. The predicted molar refractivity (Wildman–Crippen MR) is 159 cm³/mol. The number of carbonyl (C=O) groups is 2. The van der Waals surface area contributed by atoms with E-state index in [0.717, 1.165) is 16.9 Å². The van der Waals surface area contributed by atoms with Crippen molar-refractivity contribution in [2.75, 3.05) is 30.0 Å². The molecule has 0 saturated heterocycles. The van der Waals surface area contributed by atoms with Crippen LogP contribution in [-0.2, 0) is 6.42 Å². The van der Waals surface area contributed by atoms with Crippen molar-refractivity contribution in [1.29, 1.82) is 0 Å². The molecule has 0 aliphatic rings. The number of methoxy groups -OCH3 is 1. The first-order chi connectivity index (χ1) is 20.3. The molecule has 0 unspecified atom stereocenters. The molecule has 0 spiro atoms. The second-order valence-corrected chi connectivity index (χ2v) is 10.6. The normalized spacial score (nSPS) is 10.7. The molecular formula is C28H23F2N7O3S2. The van der Waals surface area contributed by atoms with Crippen LogP contribution in [0.4, 0.5) is 30.2 Å². The second-order valence-electron chi connectivity index (χ2n) is 8.76. The van der Waals surface area contributed by atoms with Gasteiger partial charge in [-0.2, -0.15) is 0 Å². The van der Waals surface area contributed by atoms with Gasteiger partial charge in [-0.05, 0) is 42.3 Å². The molecule has 0 aliphatic heterocycles. The summed E-state index contributed by atoms with van der Waals surface area (Å²) in [5.41, 5.74) is 7.29. The summed E-state index contributed by atoms with van der Waals surface area (Å²) >= 11 is 2.28. The van der Waals surface area contributed by atoms with Crippen LogP contribution in [0.3, 0.4) is 0 Å². The Hall–Kier alpha value is -4.95. The number of hydrogen-bond donors (Lipinski definition) is 4. The summed E-state index contributed by atoms with van der Waals surface area (Å²) in [4.78, 5) is 38.2. The van der Waals surface area contributed by atoms with E-state index in [2.05, 4.69) is 30.9 Å². The molecule has 2 aromatic carbocycles. The first kappa shape index (κ1) is 28.6. The number of thiazole rings is 2. The standard InChI is InChI=1S/C28H23F2N7O3S2/c1-40-17-6-2-5-16(10-17)25(38)34-21-11-18(19(29)12-20(21)30)22-14-41-26(35-22)23-24(31)36-28(42-23)37-27(39)33-9-7-15-4-3-8-32-13-15/h2-6,8,10-14H,7,9,31H2,1H3,(H,34,38)(H2,33,36,37,39). The van der Waals surface area contributed by atoms with Crippen molar-refractivity contribution in [2.24, 2.45) is 0 Å². The van der Waals surface area contributed by atoms with E-state index in [9.17, 15) is 18.4 Å². The SMILES string of the molecule is COc1cccc(C(=O)Nc2cc(-c3csc(-c4sc(NC(=O)NCCc5cccnc5)nc4N)n3)c(F)cc2F)c1. The van der Waals surface area contributed by atoms with Crippen LogP contribution in [0.15, 0.2) is 66.3 Å². The van der Waals surface area contributed by atoms with Gasteiger partial charge in [-0.3, -0.25) is 15.1 Å². The number of amides is 3. The first-order valence-corrected chi connectivity index (χ1v) is 14.1. The summed E-state index contributed by atoms with van der Waals surface area (Å²) in [6.45, 7) is 0.395. The van der Waals surface area contributed by atoms with Crippen LogP contribution in [0.5, 0.6) is 5.75 Å². The quantitative estimate of drug-likeness (QED) is 0.165. The highest BCUT2D eigenvalue weighted by molar-refractivity contribution is 7.23. The summed E-state index contributed by atoms with van der Waals surface area (Å²) in [6, 6.07) is 11.5. The fraction of sp³-hybridized carbons (Fsp3) is 0.107. The largest absolute Gasteiger partial charge is 0.497 e. The van der Waals surface area contributed by atoms with Crippen LogP contribution < -0.4 is 26.4 Å². The summed E-state index contributed by atoms with van der Waals surface area (Å²) in [5, 5.41) is 10.1. The van der Waals surface area contributed by atoms with Crippen molar-refractivity contribution in [3.8, 4) is 26.9 Å². The number of anilines is 3. The minimum Gasteiger partial charge on any atom is -0.497 e. The van der Waals surface area contributed by atoms with E-state index < -0.39 is 23.6 Å². The summed E-state index contributed by atoms with van der Waals surface area (Å²) in [7, 11) is 1.46. The topological polar surface area (TPSA) is 144 Å². The lowest BCUT2D eigenvalue weighted by atomic mass is 10.1. The molecule has 0 radical (unpaired) electrons. The Kier molecular flexibility index (Phi) is 8.64. The van der Waals surface area contributed by atoms with Crippen LogP contribution in [0.2, 0.25) is 0 Å². The molecule has 5 rings (SSSR count). The molecule has 3 amide bonds. The highest BCUT2D eigenvalue weighted by Crippen LogP contribution is 2.39. The van der Waals surface area contributed by atoms with Crippen molar-refractivity contribution in [3.05, 3.63) is 89.1 Å². The van der Waals surface area contributed by atoms with E-state index in [0.29, 0.717) is 34.7 Å². The molecule has 5 aromatic rings. The van der Waals surface area contributed by atoms with Crippen LogP contribution in [0, 0.1) is 11.6 Å². The number of benzene rings is 2. The van der Waals surface area contributed by atoms with Crippen molar-refractivity contribution < 1.29 is 23.1 Å². The third-order valence-electron chi connectivity index (χ3n) is 5.91. The van der Waals surface area contributed by atoms with Gasteiger partial charge in [0.15, 0.2) is 5.13 Å². The zero-order valence-electron chi connectivity index (χ0n) is 22.0. The summed E-state index contributed by atoms with van der Waals surface area (Å²) in [5.74, 6) is -1.80. The molecule has 0 aliphatic carbocycles. The summed E-state index contributed by atoms with van der Waals surface area (Å²) in [6.07, 6.45) is 4.02. The van der Waals surface area contributed by atoms with E-state index in [-0.39, 0.29) is 33.5 Å². The number of pyridine rings is 1. The highest BCUT2D eigenvalue weighted by atomic mass is 32.1. The molecule has 0 fully saturated rings. The lowest BCUT2D eigenvalue weighted by Crippen LogP contribution is -2.30. The number of halogens is 2. The fourth-order valence-corrected chi connectivity index (χ4v) is 5.65. The van der Waals surface area contributed by atoms with Gasteiger partial charge in [0.05, 0.1) is 18.5 Å². The Bertz CT molecular complexity index is 1740. The number of nitrogen functional groups attached to an aromatic ring is 1. The Morgan fingerprint density at radius 1 is 1.05 bits per heavy atom. The maximum absolute atomic E-state index is 14.8. The molecule has 5 N–H and O–H groups in total. The van der Waals surface area contributed by atoms with Gasteiger partial charge in [0, 0.05) is 41.5 Å². The van der Waals surface area contributed by atoms with Gasteiger partial charge in [-0.15, -0.1) is 11.3 Å². The van der Waals surface area contributed by atoms with Crippen LogP contribution in [0.25, 0.3) is 21.1 Å². The van der Waals surface area contributed by atoms with Crippen LogP contribution in [0.1, 0.15) is 15.9 Å². The molecule has 214 valence electrons. The molecular weight excluding hydrogens is 584 g/mol. The number of urea groups is 1. The molecule has 14 heteroatoms. The zero-order chi connectivity index (χ0) is 29.6. The smallest absolute Gasteiger partial charge is 0.321 e. The molecule has 0 saturated carbocycles. The van der Waals surface area contributed by atoms with E-state index in [1.54, 1.807) is 36.0 Å². The number of hydrogen-bond acceptors (Lipinski definition) is 9. The molecule has 3 aromatic heterocycles. The maximum atomic E-state index is 14.8. The number of carbonyl (C=O) groups excluding carboxylic acids is 2. The van der Waals surface area contributed by atoms with Gasteiger partial charge in [-0.25, -0.2) is 23.5 Å². The van der Waals surface area contributed by atoms with Crippen LogP contribution >= 0.6 is 22.7 Å². The van der Waals surface area contributed by atoms with Crippen molar-refractivity contribution >= 4 is 51.2 Å². The van der Waals surface area contributed by atoms with E-state index >= 15 is 0 Å². The molecule has 42 heavy (non-hydrogen) atoms. The van der Waals surface area contributed by atoms with E-state index in [4.69, 9.17) is 10.5 Å². The minimum atomic E-state index is -0.941. The zero-order valence-corrected chi connectivity index (χ0v) is 23.6. The van der Waals surface area contributed by atoms with Gasteiger partial charge < -0.3 is 21.1 Å². The predicted octanol–water partition coefficient (Wildman–Crippen LogP) is 5.81. The Morgan fingerprint density at radius 2 is 1.90 bits per heavy atom. The van der Waals surface area contributed by atoms with Gasteiger partial charge >= 0.3 is 6.03 Å². The van der Waals surface area contributed by atoms with Gasteiger partial charge in [0.1, 0.15) is 33.1 Å². The monoisotopic (exact) mass is 607 g/mol. The average molecular weight is 608 g/mol. The maximum Gasteiger partial charge on any atom is 0.321 e. The van der Waals surface area contributed by atoms with Gasteiger partial charge in [0.25, 0.3) is 5.91 Å². The van der Waals surface area contributed by atoms with E-state index in [1.165, 1.54) is 30.6 Å². The molecule has 0 bridgehead atoms.